The average molecular weight is 241 g/mol. The summed E-state index contributed by atoms with van der Waals surface area (Å²) in [6, 6.07) is -1.33. The van der Waals surface area contributed by atoms with Crippen LogP contribution in [0.5, 0.6) is 0 Å². The number of carbonyl (C=O) groups is 2. The lowest BCUT2D eigenvalue weighted by atomic mass is 9.98. The normalized spacial score (nSPS) is 23.3. The summed E-state index contributed by atoms with van der Waals surface area (Å²) in [7, 11) is 1.51. The van der Waals surface area contributed by atoms with E-state index in [1.807, 2.05) is 0 Å². The predicted octanol–water partition coefficient (Wildman–Crippen LogP) is -0.427. The molecule has 8 nitrogen and oxygen atoms in total. The first kappa shape index (κ1) is 11.4. The zero-order valence-corrected chi connectivity index (χ0v) is 8.94. The molecule has 0 fully saturated rings. The molecule has 0 saturated heterocycles. The predicted molar refractivity (Wildman–Crippen MR) is 53.3 cm³/mol. The Balaban J connectivity index is 2.57. The van der Waals surface area contributed by atoms with Crippen LogP contribution >= 0.6 is 0 Å². The van der Waals surface area contributed by atoms with Crippen molar-refractivity contribution >= 4 is 12.1 Å². The Bertz CT molecular complexity index is 483. The Morgan fingerprint density at radius 1 is 1.47 bits per heavy atom. The highest BCUT2D eigenvalue weighted by Crippen LogP contribution is 2.34. The molecule has 0 bridgehead atoms. The van der Waals surface area contributed by atoms with Crippen molar-refractivity contribution in [3.8, 4) is 0 Å². The number of aliphatic hydroxyl groups excluding tert-OH is 1. The van der Waals surface area contributed by atoms with Crippen LogP contribution in [0.1, 0.15) is 23.4 Å². The number of β-amino-alcohol motifs (C(OH)–C–C–N with tert-alkyl or cyclic N) is 1. The molecule has 2 atom stereocenters. The number of amides is 1. The second-order valence-electron chi connectivity index (χ2n) is 3.80. The van der Waals surface area contributed by atoms with Gasteiger partial charge in [-0.3, -0.25) is 9.58 Å². The number of aryl methyl sites for hydroxylation is 1. The van der Waals surface area contributed by atoms with Gasteiger partial charge < -0.3 is 15.3 Å². The van der Waals surface area contributed by atoms with Crippen LogP contribution < -0.4 is 0 Å². The maximum absolute atomic E-state index is 11.2. The molecule has 1 aliphatic rings. The van der Waals surface area contributed by atoms with Crippen molar-refractivity contribution < 1.29 is 24.9 Å². The fourth-order valence-corrected chi connectivity index (χ4v) is 2.03. The molecule has 1 aliphatic heterocycles. The molecular formula is C9H11N3O5. The minimum absolute atomic E-state index is 0.193. The first-order valence-electron chi connectivity index (χ1n) is 4.85. The summed E-state index contributed by atoms with van der Waals surface area (Å²) in [6.45, 7) is -0.273. The van der Waals surface area contributed by atoms with E-state index in [2.05, 4.69) is 5.10 Å². The van der Waals surface area contributed by atoms with E-state index in [-0.39, 0.29) is 12.2 Å². The smallest absolute Gasteiger partial charge is 0.408 e. The van der Waals surface area contributed by atoms with Crippen molar-refractivity contribution in [2.45, 2.75) is 12.1 Å². The van der Waals surface area contributed by atoms with E-state index >= 15 is 0 Å². The van der Waals surface area contributed by atoms with E-state index in [1.165, 1.54) is 17.9 Å². The molecule has 1 amide bonds. The van der Waals surface area contributed by atoms with Crippen molar-refractivity contribution in [3.63, 3.8) is 0 Å². The number of aliphatic hydroxyl groups is 1. The van der Waals surface area contributed by atoms with Crippen LogP contribution in [0.2, 0.25) is 0 Å². The van der Waals surface area contributed by atoms with Crippen molar-refractivity contribution in [1.29, 1.82) is 0 Å². The molecule has 2 unspecified atom stereocenters. The van der Waals surface area contributed by atoms with Crippen molar-refractivity contribution in [2.24, 2.45) is 7.05 Å². The third-order valence-electron chi connectivity index (χ3n) is 2.79. The second kappa shape index (κ2) is 3.74. The zero-order valence-electron chi connectivity index (χ0n) is 8.94. The van der Waals surface area contributed by atoms with Crippen LogP contribution in [0, 0.1) is 0 Å². The van der Waals surface area contributed by atoms with Gasteiger partial charge in [-0.1, -0.05) is 0 Å². The number of nitrogens with zero attached hydrogens (tertiary/aromatic N) is 3. The Kier molecular flexibility index (Phi) is 2.50. The number of aromatic nitrogens is 2. The Hall–Kier alpha value is -2.09. The number of hydrogen-bond acceptors (Lipinski definition) is 4. The number of carboxylic acids is 1. The summed E-state index contributed by atoms with van der Waals surface area (Å²) in [5.74, 6) is -1.29. The molecule has 0 saturated carbocycles. The fraction of sp³-hybridized carbons (Fsp3) is 0.444. The number of aliphatic carboxylic acids is 1. The molecular weight excluding hydrogens is 230 g/mol. The molecule has 1 aromatic heterocycles. The lowest BCUT2D eigenvalue weighted by Gasteiger charge is -2.33. The topological polar surface area (TPSA) is 116 Å². The van der Waals surface area contributed by atoms with Crippen molar-refractivity contribution in [2.75, 3.05) is 6.54 Å². The minimum Gasteiger partial charge on any atom is -0.479 e. The van der Waals surface area contributed by atoms with E-state index in [0.29, 0.717) is 10.5 Å². The Morgan fingerprint density at radius 2 is 2.12 bits per heavy atom. The quantitative estimate of drug-likeness (QED) is 0.614. The van der Waals surface area contributed by atoms with Crippen molar-refractivity contribution in [3.05, 3.63) is 17.5 Å². The summed E-state index contributed by atoms with van der Waals surface area (Å²) in [5, 5.41) is 31.6. The highest BCUT2D eigenvalue weighted by Gasteiger charge is 2.42. The molecule has 0 spiro atoms. The van der Waals surface area contributed by atoms with Gasteiger partial charge in [-0.15, -0.1) is 0 Å². The van der Waals surface area contributed by atoms with Gasteiger partial charge in [0.05, 0.1) is 18.4 Å². The van der Waals surface area contributed by atoms with Crippen LogP contribution in [0.15, 0.2) is 6.20 Å². The van der Waals surface area contributed by atoms with Crippen LogP contribution in [-0.2, 0) is 11.8 Å². The van der Waals surface area contributed by atoms with Crippen LogP contribution in [0.3, 0.4) is 0 Å². The first-order chi connectivity index (χ1) is 7.93. The maximum Gasteiger partial charge on any atom is 0.408 e. The number of fused-ring (bicyclic) bond motifs is 1. The average Bonchev–Trinajstić information content (AvgIpc) is 2.60. The number of hydrogen-bond donors (Lipinski definition) is 3. The molecule has 92 valence electrons. The highest BCUT2D eigenvalue weighted by molar-refractivity contribution is 5.81. The third-order valence-corrected chi connectivity index (χ3v) is 2.79. The maximum atomic E-state index is 11.2. The van der Waals surface area contributed by atoms with Crippen LogP contribution in [-0.4, -0.2) is 48.6 Å². The molecule has 8 heteroatoms. The van der Waals surface area contributed by atoms with Gasteiger partial charge in [0, 0.05) is 12.6 Å². The molecule has 2 heterocycles. The zero-order chi connectivity index (χ0) is 12.7. The summed E-state index contributed by atoms with van der Waals surface area (Å²) in [4.78, 5) is 22.8. The summed E-state index contributed by atoms with van der Waals surface area (Å²) in [5.41, 5.74) is 0.552. The lowest BCUT2D eigenvalue weighted by Crippen LogP contribution is -2.45. The summed E-state index contributed by atoms with van der Waals surface area (Å²) in [6.07, 6.45) is -1.08. The van der Waals surface area contributed by atoms with E-state index in [9.17, 15) is 14.7 Å². The standard InChI is InChI=1S/C9H11N3O5/c1-11-6-4(2-10-11)5(13)3-12(9(16)17)7(6)8(14)15/h2,5,7,13H,3H2,1H3,(H,14,15)(H,16,17). The molecule has 0 radical (unpaired) electrons. The molecule has 3 N–H and O–H groups in total. The summed E-state index contributed by atoms with van der Waals surface area (Å²) < 4.78 is 1.27. The Morgan fingerprint density at radius 3 is 2.65 bits per heavy atom. The molecule has 0 aliphatic carbocycles. The molecule has 2 rings (SSSR count). The van der Waals surface area contributed by atoms with Gasteiger partial charge in [0.1, 0.15) is 6.10 Å². The van der Waals surface area contributed by atoms with Gasteiger partial charge in [0.2, 0.25) is 0 Å². The second-order valence-corrected chi connectivity index (χ2v) is 3.80. The SMILES string of the molecule is Cn1ncc2c1C(C(=O)O)N(C(=O)O)CC2O. The van der Waals surface area contributed by atoms with E-state index in [0.717, 1.165) is 0 Å². The van der Waals surface area contributed by atoms with Gasteiger partial charge in [0.15, 0.2) is 6.04 Å². The monoisotopic (exact) mass is 241 g/mol. The number of carboxylic acid groups (broad SMARTS) is 2. The van der Waals surface area contributed by atoms with Gasteiger partial charge in [0.25, 0.3) is 0 Å². The summed E-state index contributed by atoms with van der Waals surface area (Å²) >= 11 is 0. The molecule has 17 heavy (non-hydrogen) atoms. The molecule has 1 aromatic rings. The van der Waals surface area contributed by atoms with Crippen LogP contribution in [0.4, 0.5) is 4.79 Å². The van der Waals surface area contributed by atoms with Crippen molar-refractivity contribution in [1.82, 2.24) is 14.7 Å². The lowest BCUT2D eigenvalue weighted by molar-refractivity contribution is -0.144. The highest BCUT2D eigenvalue weighted by atomic mass is 16.4. The first-order valence-corrected chi connectivity index (χ1v) is 4.85. The van der Waals surface area contributed by atoms with Crippen LogP contribution in [0.25, 0.3) is 0 Å². The van der Waals surface area contributed by atoms with E-state index in [1.54, 1.807) is 0 Å². The van der Waals surface area contributed by atoms with Gasteiger partial charge in [-0.05, 0) is 0 Å². The van der Waals surface area contributed by atoms with Gasteiger partial charge in [-0.25, -0.2) is 9.59 Å². The molecule has 0 aromatic carbocycles. The number of rotatable bonds is 1. The van der Waals surface area contributed by atoms with Gasteiger partial charge in [-0.2, -0.15) is 5.10 Å². The fourth-order valence-electron chi connectivity index (χ4n) is 2.03. The van der Waals surface area contributed by atoms with Gasteiger partial charge >= 0.3 is 12.1 Å². The Labute approximate surface area is 95.7 Å². The largest absolute Gasteiger partial charge is 0.479 e. The third kappa shape index (κ3) is 1.62. The van der Waals surface area contributed by atoms with E-state index < -0.39 is 24.2 Å². The minimum atomic E-state index is -1.39. The van der Waals surface area contributed by atoms with E-state index in [4.69, 9.17) is 10.2 Å².